The van der Waals surface area contributed by atoms with Gasteiger partial charge in [-0.2, -0.15) is 11.8 Å². The first-order valence-corrected chi connectivity index (χ1v) is 7.31. The third-order valence-corrected chi connectivity index (χ3v) is 4.31. The number of rotatable bonds is 2. The van der Waals surface area contributed by atoms with Crippen molar-refractivity contribution in [2.75, 3.05) is 16.8 Å². The summed E-state index contributed by atoms with van der Waals surface area (Å²) in [5.74, 6) is 2.60. The molecule has 1 saturated heterocycles. The maximum Gasteiger partial charge on any atom is 0.0372 e. The molecule has 0 spiro atoms. The molecule has 0 aromatic heterocycles. The van der Waals surface area contributed by atoms with Crippen molar-refractivity contribution in [1.82, 2.24) is 0 Å². The zero-order valence-corrected chi connectivity index (χ0v) is 11.3. The summed E-state index contributed by atoms with van der Waals surface area (Å²) >= 11 is 5.56. The summed E-state index contributed by atoms with van der Waals surface area (Å²) in [5, 5.41) is 3.64. The van der Waals surface area contributed by atoms with Crippen molar-refractivity contribution in [2.24, 2.45) is 0 Å². The highest BCUT2D eigenvalue weighted by atomic mass is 79.9. The van der Waals surface area contributed by atoms with Crippen LogP contribution >= 0.6 is 27.7 Å². The predicted octanol–water partition coefficient (Wildman–Crippen LogP) is 4.07. The van der Waals surface area contributed by atoms with E-state index in [1.165, 1.54) is 35.6 Å². The number of benzene rings is 1. The average Bonchev–Trinajstić information content (AvgIpc) is 2.24. The molecule has 0 bridgehead atoms. The van der Waals surface area contributed by atoms with E-state index < -0.39 is 0 Å². The minimum absolute atomic E-state index is 0.672. The molecular weight excluding hydrogens is 270 g/mol. The Bertz CT molecular complexity index is 334. The van der Waals surface area contributed by atoms with Gasteiger partial charge in [-0.15, -0.1) is 0 Å². The maximum absolute atomic E-state index is 3.64. The highest BCUT2D eigenvalue weighted by Crippen LogP contribution is 2.24. The fourth-order valence-corrected chi connectivity index (χ4v) is 3.43. The van der Waals surface area contributed by atoms with Crippen LogP contribution in [0, 0.1) is 6.92 Å². The summed E-state index contributed by atoms with van der Waals surface area (Å²) < 4.78 is 1.16. The lowest BCUT2D eigenvalue weighted by Gasteiger charge is -2.24. The molecule has 82 valence electrons. The number of anilines is 1. The van der Waals surface area contributed by atoms with E-state index in [0.29, 0.717) is 6.04 Å². The number of nitrogens with one attached hydrogen (secondary N) is 1. The normalized spacial score (nSPS) is 17.7. The zero-order valence-electron chi connectivity index (χ0n) is 8.92. The maximum atomic E-state index is 3.64. The summed E-state index contributed by atoms with van der Waals surface area (Å²) in [4.78, 5) is 0. The molecule has 1 nitrogen and oxygen atoms in total. The van der Waals surface area contributed by atoms with Crippen LogP contribution < -0.4 is 5.32 Å². The smallest absolute Gasteiger partial charge is 0.0372 e. The summed E-state index contributed by atoms with van der Waals surface area (Å²) in [6.45, 7) is 2.16. The molecule has 15 heavy (non-hydrogen) atoms. The molecule has 1 fully saturated rings. The third-order valence-electron chi connectivity index (χ3n) is 2.77. The Hall–Kier alpha value is -0.150. The summed E-state index contributed by atoms with van der Waals surface area (Å²) in [6.07, 6.45) is 2.58. The van der Waals surface area contributed by atoms with Gasteiger partial charge in [-0.1, -0.05) is 15.9 Å². The Morgan fingerprint density at radius 2 is 2.07 bits per heavy atom. The van der Waals surface area contributed by atoms with Crippen LogP contribution in [0.25, 0.3) is 0 Å². The molecule has 1 aliphatic heterocycles. The van der Waals surface area contributed by atoms with Crippen LogP contribution in [-0.2, 0) is 0 Å². The quantitative estimate of drug-likeness (QED) is 0.879. The number of halogens is 1. The van der Waals surface area contributed by atoms with Gasteiger partial charge in [0, 0.05) is 16.2 Å². The molecule has 0 aliphatic carbocycles. The second kappa shape index (κ2) is 5.26. The van der Waals surface area contributed by atoms with Crippen molar-refractivity contribution in [3.63, 3.8) is 0 Å². The molecule has 1 N–H and O–H groups in total. The Labute approximate surface area is 104 Å². The van der Waals surface area contributed by atoms with Crippen molar-refractivity contribution in [3.8, 4) is 0 Å². The van der Waals surface area contributed by atoms with Crippen LogP contribution in [0.1, 0.15) is 18.4 Å². The molecule has 1 aromatic carbocycles. The van der Waals surface area contributed by atoms with Crippen LogP contribution in [0.15, 0.2) is 22.7 Å². The number of hydrogen-bond acceptors (Lipinski definition) is 2. The highest BCUT2D eigenvalue weighted by Gasteiger charge is 2.13. The van der Waals surface area contributed by atoms with E-state index >= 15 is 0 Å². The van der Waals surface area contributed by atoms with E-state index in [2.05, 4.69) is 58.1 Å². The monoisotopic (exact) mass is 285 g/mol. The van der Waals surface area contributed by atoms with Crippen LogP contribution in [0.3, 0.4) is 0 Å². The van der Waals surface area contributed by atoms with Gasteiger partial charge in [0.2, 0.25) is 0 Å². The zero-order chi connectivity index (χ0) is 10.7. The van der Waals surface area contributed by atoms with E-state index in [1.54, 1.807) is 0 Å². The predicted molar refractivity (Wildman–Crippen MR) is 72.8 cm³/mol. The minimum Gasteiger partial charge on any atom is -0.382 e. The van der Waals surface area contributed by atoms with Gasteiger partial charge in [-0.3, -0.25) is 0 Å². The van der Waals surface area contributed by atoms with E-state index in [9.17, 15) is 0 Å². The Morgan fingerprint density at radius 1 is 1.33 bits per heavy atom. The lowest BCUT2D eigenvalue weighted by Crippen LogP contribution is -2.24. The van der Waals surface area contributed by atoms with E-state index in [0.717, 1.165) is 4.47 Å². The molecule has 0 amide bonds. The lowest BCUT2D eigenvalue weighted by atomic mass is 10.1. The van der Waals surface area contributed by atoms with Crippen molar-refractivity contribution in [2.45, 2.75) is 25.8 Å². The third kappa shape index (κ3) is 3.15. The van der Waals surface area contributed by atoms with Crippen LogP contribution in [0.2, 0.25) is 0 Å². The molecule has 1 aromatic rings. The molecule has 0 unspecified atom stereocenters. The van der Waals surface area contributed by atoms with Gasteiger partial charge in [-0.25, -0.2) is 0 Å². The lowest BCUT2D eigenvalue weighted by molar-refractivity contribution is 0.666. The fourth-order valence-electron chi connectivity index (χ4n) is 1.85. The van der Waals surface area contributed by atoms with Crippen LogP contribution in [-0.4, -0.2) is 17.5 Å². The van der Waals surface area contributed by atoms with Gasteiger partial charge in [0.25, 0.3) is 0 Å². The highest BCUT2D eigenvalue weighted by molar-refractivity contribution is 9.10. The fraction of sp³-hybridized carbons (Fsp3) is 0.500. The van der Waals surface area contributed by atoms with Crippen molar-refractivity contribution in [3.05, 3.63) is 28.2 Å². The molecule has 1 aliphatic rings. The van der Waals surface area contributed by atoms with Gasteiger partial charge in [0.05, 0.1) is 0 Å². The standard InChI is InChI=1S/C12H16BrNS/c1-9-8-10(13)2-3-12(9)14-11-4-6-15-7-5-11/h2-3,8,11,14H,4-7H2,1H3. The van der Waals surface area contributed by atoms with Crippen LogP contribution in [0.4, 0.5) is 5.69 Å². The van der Waals surface area contributed by atoms with Gasteiger partial charge < -0.3 is 5.32 Å². The first-order valence-electron chi connectivity index (χ1n) is 5.36. The molecule has 0 saturated carbocycles. The van der Waals surface area contributed by atoms with Crippen molar-refractivity contribution >= 4 is 33.4 Å². The van der Waals surface area contributed by atoms with Gasteiger partial charge in [-0.05, 0) is 55.0 Å². The summed E-state index contributed by atoms with van der Waals surface area (Å²) in [5.41, 5.74) is 2.61. The van der Waals surface area contributed by atoms with E-state index in [-0.39, 0.29) is 0 Å². The second-order valence-corrected chi connectivity index (χ2v) is 6.13. The van der Waals surface area contributed by atoms with Crippen LogP contribution in [0.5, 0.6) is 0 Å². The molecule has 0 atom stereocenters. The number of thioether (sulfide) groups is 1. The largest absolute Gasteiger partial charge is 0.382 e. The number of hydrogen-bond donors (Lipinski definition) is 1. The van der Waals surface area contributed by atoms with Gasteiger partial charge >= 0.3 is 0 Å². The molecular formula is C12H16BrNS. The average molecular weight is 286 g/mol. The molecule has 3 heteroatoms. The minimum atomic E-state index is 0.672. The van der Waals surface area contributed by atoms with Gasteiger partial charge in [0.15, 0.2) is 0 Å². The van der Waals surface area contributed by atoms with Crippen molar-refractivity contribution in [1.29, 1.82) is 0 Å². The first-order chi connectivity index (χ1) is 7.25. The molecule has 2 rings (SSSR count). The topological polar surface area (TPSA) is 12.0 Å². The molecule has 1 heterocycles. The SMILES string of the molecule is Cc1cc(Br)ccc1NC1CCSCC1. The van der Waals surface area contributed by atoms with E-state index in [4.69, 9.17) is 0 Å². The number of aryl methyl sites for hydroxylation is 1. The Morgan fingerprint density at radius 3 is 2.73 bits per heavy atom. The van der Waals surface area contributed by atoms with E-state index in [1.807, 2.05) is 0 Å². The Kier molecular flexibility index (Phi) is 3.98. The molecule has 0 radical (unpaired) electrons. The summed E-state index contributed by atoms with van der Waals surface area (Å²) in [6, 6.07) is 7.11. The first kappa shape index (κ1) is 11.3. The van der Waals surface area contributed by atoms with Gasteiger partial charge in [0.1, 0.15) is 0 Å². The second-order valence-electron chi connectivity index (χ2n) is 3.99. The van der Waals surface area contributed by atoms with Crippen molar-refractivity contribution < 1.29 is 0 Å². The summed E-state index contributed by atoms with van der Waals surface area (Å²) in [7, 11) is 0. The Balaban J connectivity index is 2.03.